The molecule has 0 fully saturated rings. The molecule has 0 aliphatic rings. The van der Waals surface area contributed by atoms with Crippen LogP contribution in [0.3, 0.4) is 0 Å². The lowest BCUT2D eigenvalue weighted by atomic mass is 10.1. The maximum Gasteiger partial charge on any atom is 0.296 e. The van der Waals surface area contributed by atoms with Crippen molar-refractivity contribution >= 4 is 17.4 Å². The molecule has 4 nitrogen and oxygen atoms in total. The first-order valence-corrected chi connectivity index (χ1v) is 8.66. The lowest BCUT2D eigenvalue weighted by Crippen LogP contribution is -2.24. The van der Waals surface area contributed by atoms with Crippen LogP contribution in [-0.4, -0.2) is 16.3 Å². The number of anilines is 1. The van der Waals surface area contributed by atoms with Crippen LogP contribution >= 0.6 is 0 Å². The summed E-state index contributed by atoms with van der Waals surface area (Å²) in [6.45, 7) is 7.38. The van der Waals surface area contributed by atoms with E-state index in [-0.39, 0.29) is 5.82 Å². The summed E-state index contributed by atoms with van der Waals surface area (Å²) in [5, 5.41) is 2.73. The number of para-hydroxylation sites is 1. The predicted octanol–water partition coefficient (Wildman–Crippen LogP) is 4.67. The minimum absolute atomic E-state index is 0.328. The van der Waals surface area contributed by atoms with Gasteiger partial charge in [0.2, 0.25) is 0 Å². The number of amides is 1. The molecule has 0 saturated carbocycles. The van der Waals surface area contributed by atoms with Crippen molar-refractivity contribution < 1.29 is 14.0 Å². The summed E-state index contributed by atoms with van der Waals surface area (Å²) in [6.07, 6.45) is 0. The van der Waals surface area contributed by atoms with E-state index in [0.717, 1.165) is 22.5 Å². The number of halogens is 1. The summed E-state index contributed by atoms with van der Waals surface area (Å²) in [5.74, 6) is -1.60. The van der Waals surface area contributed by atoms with Gasteiger partial charge in [0.15, 0.2) is 0 Å². The third kappa shape index (κ3) is 3.53. The predicted molar refractivity (Wildman–Crippen MR) is 104 cm³/mol. The van der Waals surface area contributed by atoms with Gasteiger partial charge in [-0.15, -0.1) is 0 Å². The topological polar surface area (TPSA) is 51.1 Å². The lowest BCUT2D eigenvalue weighted by Gasteiger charge is -2.11. The third-order valence-corrected chi connectivity index (χ3v) is 4.69. The van der Waals surface area contributed by atoms with Crippen molar-refractivity contribution in [3.63, 3.8) is 0 Å². The van der Waals surface area contributed by atoms with E-state index >= 15 is 0 Å². The van der Waals surface area contributed by atoms with Crippen LogP contribution in [0.5, 0.6) is 0 Å². The van der Waals surface area contributed by atoms with E-state index < -0.39 is 11.7 Å². The van der Waals surface area contributed by atoms with E-state index in [4.69, 9.17) is 0 Å². The molecular formula is C22H21FN2O2. The molecule has 0 atom stereocenters. The summed E-state index contributed by atoms with van der Waals surface area (Å²) < 4.78 is 15.0. The Morgan fingerprint density at radius 1 is 0.926 bits per heavy atom. The van der Waals surface area contributed by atoms with Crippen molar-refractivity contribution in [3.05, 3.63) is 82.4 Å². The second-order valence-corrected chi connectivity index (χ2v) is 6.65. The monoisotopic (exact) mass is 364 g/mol. The van der Waals surface area contributed by atoms with E-state index in [1.54, 1.807) is 25.1 Å². The molecule has 0 aliphatic carbocycles. The van der Waals surface area contributed by atoms with Crippen LogP contribution in [-0.2, 0) is 4.79 Å². The normalized spacial score (nSPS) is 10.7. The van der Waals surface area contributed by atoms with Crippen LogP contribution in [0.25, 0.3) is 5.69 Å². The quantitative estimate of drug-likeness (QED) is 0.540. The number of Topliss-reactive ketones (excluding diaryl/α,β-unsaturated/α-hetero) is 1. The smallest absolute Gasteiger partial charge is 0.296 e. The summed E-state index contributed by atoms with van der Waals surface area (Å²) in [6, 6.07) is 13.4. The van der Waals surface area contributed by atoms with Crippen molar-refractivity contribution in [2.75, 3.05) is 5.32 Å². The highest BCUT2D eigenvalue weighted by Crippen LogP contribution is 2.23. The van der Waals surface area contributed by atoms with Crippen molar-refractivity contribution in [1.29, 1.82) is 0 Å². The Morgan fingerprint density at radius 3 is 2.11 bits per heavy atom. The van der Waals surface area contributed by atoms with E-state index in [2.05, 4.69) is 5.32 Å². The van der Waals surface area contributed by atoms with Gasteiger partial charge in [-0.3, -0.25) is 9.59 Å². The lowest BCUT2D eigenvalue weighted by molar-refractivity contribution is -0.112. The fourth-order valence-corrected chi connectivity index (χ4v) is 3.28. The van der Waals surface area contributed by atoms with E-state index in [1.807, 2.05) is 43.5 Å². The number of nitrogens with one attached hydrogen (secondary N) is 1. The molecule has 2 aromatic carbocycles. The van der Waals surface area contributed by atoms with Crippen LogP contribution in [0.2, 0.25) is 0 Å². The molecule has 1 amide bonds. The molecule has 1 heterocycles. The van der Waals surface area contributed by atoms with E-state index in [9.17, 15) is 14.0 Å². The second kappa shape index (κ2) is 7.19. The van der Waals surface area contributed by atoms with Gasteiger partial charge in [-0.25, -0.2) is 4.39 Å². The first-order valence-electron chi connectivity index (χ1n) is 8.66. The summed E-state index contributed by atoms with van der Waals surface area (Å²) in [4.78, 5) is 25.3. The first kappa shape index (κ1) is 18.6. The standard InChI is InChI=1S/C22H21FN2O2/c1-13-6-5-7-14(2)20(13)24-22(27)21(26)19-12-15(3)25(16(19)4)18-10-8-17(23)9-11-18/h5-12H,1-4H3,(H,24,27). The maximum absolute atomic E-state index is 13.2. The zero-order chi connectivity index (χ0) is 19.7. The minimum atomic E-state index is -0.674. The molecule has 0 spiro atoms. The summed E-state index contributed by atoms with van der Waals surface area (Å²) in [7, 11) is 0. The number of aryl methyl sites for hydroxylation is 3. The molecule has 0 saturated heterocycles. The molecule has 0 aliphatic heterocycles. The average Bonchev–Trinajstić information content (AvgIpc) is 2.93. The molecule has 138 valence electrons. The van der Waals surface area contributed by atoms with Crippen LogP contribution in [0.1, 0.15) is 32.9 Å². The number of nitrogens with zero attached hydrogens (tertiary/aromatic N) is 1. The van der Waals surface area contributed by atoms with Gasteiger partial charge >= 0.3 is 0 Å². The number of hydrogen-bond acceptors (Lipinski definition) is 2. The van der Waals surface area contributed by atoms with E-state index in [1.165, 1.54) is 12.1 Å². The molecular weight excluding hydrogens is 343 g/mol. The largest absolute Gasteiger partial charge is 0.319 e. The molecule has 3 aromatic rings. The zero-order valence-electron chi connectivity index (χ0n) is 15.8. The van der Waals surface area contributed by atoms with Gasteiger partial charge in [0, 0.05) is 28.3 Å². The maximum atomic E-state index is 13.2. The highest BCUT2D eigenvalue weighted by Gasteiger charge is 2.23. The molecule has 1 aromatic heterocycles. The van der Waals surface area contributed by atoms with Crippen LogP contribution in [0.4, 0.5) is 10.1 Å². The van der Waals surface area contributed by atoms with Crippen LogP contribution < -0.4 is 5.32 Å². The number of benzene rings is 2. The van der Waals surface area contributed by atoms with E-state index in [0.29, 0.717) is 16.9 Å². The van der Waals surface area contributed by atoms with Crippen molar-refractivity contribution in [2.24, 2.45) is 0 Å². The summed E-state index contributed by atoms with van der Waals surface area (Å²) in [5.41, 5.74) is 4.95. The number of rotatable bonds is 4. The van der Waals surface area contributed by atoms with Gasteiger partial charge in [-0.2, -0.15) is 0 Å². The Kier molecular flexibility index (Phi) is 4.95. The van der Waals surface area contributed by atoms with Crippen LogP contribution in [0, 0.1) is 33.5 Å². The Morgan fingerprint density at radius 2 is 1.52 bits per heavy atom. The van der Waals surface area contributed by atoms with Gasteiger partial charge < -0.3 is 9.88 Å². The van der Waals surface area contributed by atoms with Gasteiger partial charge in [0.25, 0.3) is 11.7 Å². The average molecular weight is 364 g/mol. The SMILES string of the molecule is Cc1cccc(C)c1NC(=O)C(=O)c1cc(C)n(-c2ccc(F)cc2)c1C. The van der Waals surface area contributed by atoms with Crippen LogP contribution in [0.15, 0.2) is 48.5 Å². The Labute approximate surface area is 157 Å². The van der Waals surface area contributed by atoms with Crippen molar-refractivity contribution in [1.82, 2.24) is 4.57 Å². The van der Waals surface area contributed by atoms with Gasteiger partial charge in [-0.05, 0) is 69.2 Å². The molecule has 5 heteroatoms. The first-order chi connectivity index (χ1) is 12.8. The fourth-order valence-electron chi connectivity index (χ4n) is 3.28. The van der Waals surface area contributed by atoms with Gasteiger partial charge in [0.1, 0.15) is 5.82 Å². The molecule has 27 heavy (non-hydrogen) atoms. The van der Waals surface area contributed by atoms with Crippen molar-refractivity contribution in [3.8, 4) is 5.69 Å². The number of hydrogen-bond donors (Lipinski definition) is 1. The molecule has 3 rings (SSSR count). The number of ketones is 1. The molecule has 0 bridgehead atoms. The zero-order valence-corrected chi connectivity index (χ0v) is 15.8. The number of aromatic nitrogens is 1. The highest BCUT2D eigenvalue weighted by molar-refractivity contribution is 6.47. The molecule has 0 unspecified atom stereocenters. The Hall–Kier alpha value is -3.21. The van der Waals surface area contributed by atoms with Gasteiger partial charge in [-0.1, -0.05) is 18.2 Å². The van der Waals surface area contributed by atoms with Crippen molar-refractivity contribution in [2.45, 2.75) is 27.7 Å². The summed E-state index contributed by atoms with van der Waals surface area (Å²) >= 11 is 0. The Balaban J connectivity index is 1.92. The fraction of sp³-hybridized carbons (Fsp3) is 0.182. The highest BCUT2D eigenvalue weighted by atomic mass is 19.1. The Bertz CT molecular complexity index is 1010. The minimum Gasteiger partial charge on any atom is -0.319 e. The second-order valence-electron chi connectivity index (χ2n) is 6.65. The third-order valence-electron chi connectivity index (χ3n) is 4.69. The number of carbonyl (C=O) groups is 2. The van der Waals surface area contributed by atoms with Gasteiger partial charge in [0.05, 0.1) is 0 Å². The molecule has 0 radical (unpaired) electrons. The number of carbonyl (C=O) groups excluding carboxylic acids is 2. The molecule has 1 N–H and O–H groups in total.